The number of amides is 1. The lowest BCUT2D eigenvalue weighted by Gasteiger charge is -2.38. The zero-order valence-electron chi connectivity index (χ0n) is 11.0. The van der Waals surface area contributed by atoms with E-state index >= 15 is 0 Å². The highest BCUT2D eigenvalue weighted by molar-refractivity contribution is 6.30. The maximum atomic E-state index is 12.1. The third-order valence-electron chi connectivity index (χ3n) is 3.17. The molecule has 108 valence electrons. The molecule has 0 radical (unpaired) electrons. The van der Waals surface area contributed by atoms with Crippen LogP contribution in [0.3, 0.4) is 0 Å². The molecule has 1 fully saturated rings. The Bertz CT molecular complexity index is 708. The van der Waals surface area contributed by atoms with Crippen LogP contribution in [0.25, 0.3) is 0 Å². The second kappa shape index (κ2) is 5.57. The number of nitrogens with zero attached hydrogens (tertiary/aromatic N) is 2. The van der Waals surface area contributed by atoms with E-state index in [-0.39, 0.29) is 23.1 Å². The smallest absolute Gasteiger partial charge is 0.260 e. The molecule has 0 atom stereocenters. The summed E-state index contributed by atoms with van der Waals surface area (Å²) < 4.78 is 5.60. The summed E-state index contributed by atoms with van der Waals surface area (Å²) in [6.45, 7) is 0.856. The van der Waals surface area contributed by atoms with Crippen LogP contribution in [-0.2, 0) is 0 Å². The molecule has 0 aliphatic carbocycles. The maximum absolute atomic E-state index is 12.1. The number of rotatable bonds is 3. The number of ether oxygens (including phenoxy) is 1. The number of carbonyl (C=O) groups is 1. The predicted molar refractivity (Wildman–Crippen MR) is 76.6 cm³/mol. The van der Waals surface area contributed by atoms with Crippen LogP contribution in [0, 0.1) is 0 Å². The van der Waals surface area contributed by atoms with Crippen LogP contribution < -0.4 is 10.3 Å². The average molecular weight is 306 g/mol. The summed E-state index contributed by atoms with van der Waals surface area (Å²) in [5.74, 6) is 0.176. The lowest BCUT2D eigenvalue weighted by Crippen LogP contribution is -2.56. The summed E-state index contributed by atoms with van der Waals surface area (Å²) in [7, 11) is 0. The lowest BCUT2D eigenvalue weighted by atomic mass is 10.1. The number of hydrogen-bond acceptors (Lipinski definition) is 4. The van der Waals surface area contributed by atoms with Crippen molar-refractivity contribution in [2.75, 3.05) is 13.1 Å². The summed E-state index contributed by atoms with van der Waals surface area (Å²) in [6.07, 6.45) is 2.88. The van der Waals surface area contributed by atoms with Gasteiger partial charge in [0.1, 0.15) is 11.7 Å². The Morgan fingerprint density at radius 3 is 2.86 bits per heavy atom. The van der Waals surface area contributed by atoms with E-state index in [1.165, 1.54) is 18.5 Å². The van der Waals surface area contributed by atoms with Crippen molar-refractivity contribution in [2.45, 2.75) is 6.10 Å². The van der Waals surface area contributed by atoms with Crippen molar-refractivity contribution in [3.8, 4) is 5.88 Å². The number of aromatic nitrogens is 2. The van der Waals surface area contributed by atoms with Crippen LogP contribution in [0.1, 0.15) is 10.4 Å². The van der Waals surface area contributed by atoms with E-state index < -0.39 is 0 Å². The zero-order valence-corrected chi connectivity index (χ0v) is 11.7. The highest BCUT2D eigenvalue weighted by Gasteiger charge is 2.33. The largest absolute Gasteiger partial charge is 0.471 e. The number of pyridine rings is 2. The number of hydrogen-bond donors (Lipinski definition) is 1. The Balaban J connectivity index is 1.58. The van der Waals surface area contributed by atoms with Crippen LogP contribution in [0.15, 0.2) is 41.5 Å². The second-order valence-corrected chi connectivity index (χ2v) is 5.11. The standard InChI is InChI=1S/C14H12ClN3O3/c15-9-3-4-12(17-6-9)21-10-7-18(8-10)14(20)11-2-1-5-16-13(11)19/h1-6,10H,7-8H2,(H,16,19). The van der Waals surface area contributed by atoms with Gasteiger partial charge in [-0.15, -0.1) is 0 Å². The molecule has 0 unspecified atom stereocenters. The van der Waals surface area contributed by atoms with Gasteiger partial charge < -0.3 is 14.6 Å². The van der Waals surface area contributed by atoms with Crippen molar-refractivity contribution in [2.24, 2.45) is 0 Å². The zero-order chi connectivity index (χ0) is 14.8. The van der Waals surface area contributed by atoms with Gasteiger partial charge in [0.2, 0.25) is 5.88 Å². The van der Waals surface area contributed by atoms with Gasteiger partial charge >= 0.3 is 0 Å². The molecule has 2 aromatic rings. The van der Waals surface area contributed by atoms with Crippen LogP contribution >= 0.6 is 11.6 Å². The SMILES string of the molecule is O=C(c1ccc[nH]c1=O)N1CC(Oc2ccc(Cl)cn2)C1. The van der Waals surface area contributed by atoms with Gasteiger partial charge in [-0.1, -0.05) is 11.6 Å². The minimum absolute atomic E-state index is 0.120. The van der Waals surface area contributed by atoms with E-state index in [4.69, 9.17) is 16.3 Å². The van der Waals surface area contributed by atoms with Gasteiger partial charge in [-0.05, 0) is 18.2 Å². The molecule has 0 bridgehead atoms. The first-order valence-electron chi connectivity index (χ1n) is 6.38. The molecule has 1 N–H and O–H groups in total. The molecule has 3 heterocycles. The fraction of sp³-hybridized carbons (Fsp3) is 0.214. The van der Waals surface area contributed by atoms with Crippen molar-refractivity contribution < 1.29 is 9.53 Å². The summed E-state index contributed by atoms with van der Waals surface area (Å²) >= 11 is 5.74. The van der Waals surface area contributed by atoms with Gasteiger partial charge in [-0.2, -0.15) is 0 Å². The number of likely N-dealkylation sites (tertiary alicyclic amines) is 1. The Labute approximate surface area is 125 Å². The Hall–Kier alpha value is -2.34. The van der Waals surface area contributed by atoms with Crippen molar-refractivity contribution in [1.82, 2.24) is 14.9 Å². The fourth-order valence-electron chi connectivity index (χ4n) is 2.04. The number of carbonyl (C=O) groups excluding carboxylic acids is 1. The molecule has 0 saturated carbocycles. The first-order valence-corrected chi connectivity index (χ1v) is 6.76. The predicted octanol–water partition coefficient (Wildman–Crippen LogP) is 1.33. The first kappa shape index (κ1) is 13.6. The van der Waals surface area contributed by atoms with E-state index in [1.807, 2.05) is 0 Å². The van der Waals surface area contributed by atoms with Crippen LogP contribution in [0.2, 0.25) is 5.02 Å². The van der Waals surface area contributed by atoms with E-state index in [0.29, 0.717) is 24.0 Å². The molecule has 6 nitrogen and oxygen atoms in total. The van der Waals surface area contributed by atoms with Crippen molar-refractivity contribution in [3.05, 3.63) is 57.6 Å². The average Bonchev–Trinajstić information content (AvgIpc) is 2.44. The van der Waals surface area contributed by atoms with Crippen molar-refractivity contribution in [1.29, 1.82) is 0 Å². The Morgan fingerprint density at radius 1 is 1.38 bits per heavy atom. The molecule has 2 aromatic heterocycles. The number of nitrogens with one attached hydrogen (secondary N) is 1. The molecule has 3 rings (SSSR count). The van der Waals surface area contributed by atoms with Crippen LogP contribution in [-0.4, -0.2) is 40.0 Å². The quantitative estimate of drug-likeness (QED) is 0.928. The highest BCUT2D eigenvalue weighted by atomic mass is 35.5. The molecule has 0 spiro atoms. The third kappa shape index (κ3) is 2.90. The monoisotopic (exact) mass is 305 g/mol. The summed E-state index contributed by atoms with van der Waals surface area (Å²) in [5, 5.41) is 0.538. The summed E-state index contributed by atoms with van der Waals surface area (Å²) in [6, 6.07) is 6.50. The minimum atomic E-state index is -0.383. The molecule has 0 aromatic carbocycles. The molecule has 1 saturated heterocycles. The normalized spacial score (nSPS) is 14.6. The van der Waals surface area contributed by atoms with Crippen molar-refractivity contribution >= 4 is 17.5 Å². The van der Waals surface area contributed by atoms with Gasteiger partial charge in [-0.25, -0.2) is 4.98 Å². The lowest BCUT2D eigenvalue weighted by molar-refractivity contribution is 0.0159. The number of aromatic amines is 1. The number of H-pyrrole nitrogens is 1. The van der Waals surface area contributed by atoms with E-state index in [0.717, 1.165) is 0 Å². The van der Waals surface area contributed by atoms with Crippen LogP contribution in [0.5, 0.6) is 5.88 Å². The van der Waals surface area contributed by atoms with Crippen LogP contribution in [0.4, 0.5) is 0 Å². The molecule has 21 heavy (non-hydrogen) atoms. The molecule has 1 amide bonds. The van der Waals surface area contributed by atoms with E-state index in [9.17, 15) is 9.59 Å². The van der Waals surface area contributed by atoms with Gasteiger partial charge in [0, 0.05) is 18.5 Å². The summed E-state index contributed by atoms with van der Waals surface area (Å²) in [5.41, 5.74) is -0.244. The molecule has 1 aliphatic rings. The fourth-order valence-corrected chi connectivity index (χ4v) is 2.15. The maximum Gasteiger partial charge on any atom is 0.260 e. The van der Waals surface area contributed by atoms with Gasteiger partial charge in [0.15, 0.2) is 0 Å². The van der Waals surface area contributed by atoms with E-state index in [2.05, 4.69) is 9.97 Å². The topological polar surface area (TPSA) is 75.3 Å². The highest BCUT2D eigenvalue weighted by Crippen LogP contribution is 2.18. The van der Waals surface area contributed by atoms with E-state index in [1.54, 1.807) is 23.1 Å². The molecule has 1 aliphatic heterocycles. The third-order valence-corrected chi connectivity index (χ3v) is 3.40. The Morgan fingerprint density at radius 2 is 2.19 bits per heavy atom. The number of halogens is 1. The summed E-state index contributed by atoms with van der Waals surface area (Å²) in [4.78, 5) is 31.7. The van der Waals surface area contributed by atoms with Gasteiger partial charge in [0.25, 0.3) is 11.5 Å². The van der Waals surface area contributed by atoms with Gasteiger partial charge in [0.05, 0.1) is 18.1 Å². The minimum Gasteiger partial charge on any atom is -0.471 e. The molecular formula is C14H12ClN3O3. The molecule has 7 heteroatoms. The van der Waals surface area contributed by atoms with Gasteiger partial charge in [-0.3, -0.25) is 9.59 Å². The first-order chi connectivity index (χ1) is 10.1. The second-order valence-electron chi connectivity index (χ2n) is 4.68. The Kier molecular flexibility index (Phi) is 3.62. The molecular weight excluding hydrogens is 294 g/mol. The van der Waals surface area contributed by atoms with Crippen molar-refractivity contribution in [3.63, 3.8) is 0 Å².